The van der Waals surface area contributed by atoms with Gasteiger partial charge in [-0.15, -0.1) is 0 Å². The monoisotopic (exact) mass is 310 g/mol. The smallest absolute Gasteiger partial charge is 0.123 e. The third-order valence-electron chi connectivity index (χ3n) is 4.81. The Bertz CT molecular complexity index is 470. The number of halogens is 1. The number of methoxy groups -OCH3 is 1. The second-order valence-corrected chi connectivity index (χ2v) is 6.52. The van der Waals surface area contributed by atoms with Crippen LogP contribution in [0.15, 0.2) is 18.2 Å². The van der Waals surface area contributed by atoms with Crippen molar-refractivity contribution in [2.45, 2.75) is 44.2 Å². The van der Waals surface area contributed by atoms with Crippen molar-refractivity contribution < 1.29 is 4.74 Å². The number of benzene rings is 1. The topological polar surface area (TPSA) is 24.5 Å². The molecule has 1 N–H and O–H groups in total. The molecule has 1 saturated carbocycles. The van der Waals surface area contributed by atoms with Crippen LogP contribution in [-0.4, -0.2) is 38.2 Å². The van der Waals surface area contributed by atoms with Crippen molar-refractivity contribution in [1.29, 1.82) is 0 Å². The van der Waals surface area contributed by atoms with E-state index in [9.17, 15) is 0 Å². The SMILES string of the molecule is CCNC(c1cc(Cl)ccc1OC)C1(N(C)C)CCCC1. The van der Waals surface area contributed by atoms with E-state index in [1.165, 1.54) is 31.2 Å². The van der Waals surface area contributed by atoms with Crippen LogP contribution in [0.4, 0.5) is 0 Å². The molecule has 1 aliphatic rings. The molecule has 1 unspecified atom stereocenters. The van der Waals surface area contributed by atoms with E-state index in [1.54, 1.807) is 7.11 Å². The molecular formula is C17H27ClN2O. The maximum absolute atomic E-state index is 6.25. The first-order valence-electron chi connectivity index (χ1n) is 7.79. The van der Waals surface area contributed by atoms with Crippen LogP contribution in [0, 0.1) is 0 Å². The fraction of sp³-hybridized carbons (Fsp3) is 0.647. The molecule has 1 aromatic rings. The lowest BCUT2D eigenvalue weighted by molar-refractivity contribution is 0.104. The number of nitrogens with one attached hydrogen (secondary N) is 1. The van der Waals surface area contributed by atoms with Gasteiger partial charge in [-0.25, -0.2) is 0 Å². The van der Waals surface area contributed by atoms with Gasteiger partial charge in [0.05, 0.1) is 13.2 Å². The van der Waals surface area contributed by atoms with E-state index >= 15 is 0 Å². The number of nitrogens with zero attached hydrogens (tertiary/aromatic N) is 1. The van der Waals surface area contributed by atoms with Gasteiger partial charge in [0.1, 0.15) is 5.75 Å². The molecule has 0 heterocycles. The molecule has 1 aliphatic carbocycles. The van der Waals surface area contributed by atoms with Crippen molar-refractivity contribution >= 4 is 11.6 Å². The molecule has 1 atom stereocenters. The Hall–Kier alpha value is -0.770. The lowest BCUT2D eigenvalue weighted by atomic mass is 9.82. The van der Waals surface area contributed by atoms with Gasteiger partial charge in [0, 0.05) is 16.1 Å². The van der Waals surface area contributed by atoms with E-state index in [2.05, 4.69) is 37.3 Å². The Labute approximate surface area is 133 Å². The molecule has 0 aromatic heterocycles. The zero-order chi connectivity index (χ0) is 15.5. The summed E-state index contributed by atoms with van der Waals surface area (Å²) < 4.78 is 5.59. The maximum atomic E-state index is 6.25. The van der Waals surface area contributed by atoms with Crippen LogP contribution in [0.3, 0.4) is 0 Å². The number of hydrogen-bond acceptors (Lipinski definition) is 3. The molecule has 1 fully saturated rings. The zero-order valence-corrected chi connectivity index (χ0v) is 14.3. The molecule has 3 nitrogen and oxygen atoms in total. The highest BCUT2D eigenvalue weighted by molar-refractivity contribution is 6.30. The number of rotatable bonds is 6. The number of ether oxygens (including phenoxy) is 1. The van der Waals surface area contributed by atoms with Crippen molar-refractivity contribution in [3.63, 3.8) is 0 Å². The van der Waals surface area contributed by atoms with Crippen LogP contribution in [0.1, 0.15) is 44.2 Å². The molecule has 4 heteroatoms. The molecule has 118 valence electrons. The largest absolute Gasteiger partial charge is 0.496 e. The lowest BCUT2D eigenvalue weighted by Gasteiger charge is -2.44. The average molecular weight is 311 g/mol. The summed E-state index contributed by atoms with van der Waals surface area (Å²) in [6.45, 7) is 3.08. The highest BCUT2D eigenvalue weighted by Crippen LogP contribution is 2.45. The molecule has 0 bridgehead atoms. The Balaban J connectivity index is 2.50. The Kier molecular flexibility index (Phi) is 5.53. The number of likely N-dealkylation sites (N-methyl/N-ethyl adjacent to an activating group) is 2. The number of hydrogen-bond donors (Lipinski definition) is 1. The van der Waals surface area contributed by atoms with Crippen molar-refractivity contribution in [1.82, 2.24) is 10.2 Å². The summed E-state index contributed by atoms with van der Waals surface area (Å²) in [4.78, 5) is 2.38. The van der Waals surface area contributed by atoms with Crippen LogP contribution in [0.2, 0.25) is 5.02 Å². The van der Waals surface area contributed by atoms with Crippen molar-refractivity contribution in [2.75, 3.05) is 27.7 Å². The lowest BCUT2D eigenvalue weighted by Crippen LogP contribution is -2.52. The average Bonchev–Trinajstić information content (AvgIpc) is 2.95. The summed E-state index contributed by atoms with van der Waals surface area (Å²) in [7, 11) is 6.10. The fourth-order valence-corrected chi connectivity index (χ4v) is 3.89. The highest BCUT2D eigenvalue weighted by atomic mass is 35.5. The van der Waals surface area contributed by atoms with Crippen LogP contribution in [0.25, 0.3) is 0 Å². The summed E-state index contributed by atoms with van der Waals surface area (Å²) in [5.74, 6) is 0.915. The maximum Gasteiger partial charge on any atom is 0.123 e. The first-order valence-corrected chi connectivity index (χ1v) is 8.17. The minimum Gasteiger partial charge on any atom is -0.496 e. The summed E-state index contributed by atoms with van der Waals surface area (Å²) >= 11 is 6.25. The summed E-state index contributed by atoms with van der Waals surface area (Å²) in [6.07, 6.45) is 4.96. The molecule has 1 aromatic carbocycles. The second-order valence-electron chi connectivity index (χ2n) is 6.08. The van der Waals surface area contributed by atoms with Crippen molar-refractivity contribution in [2.24, 2.45) is 0 Å². The summed E-state index contributed by atoms with van der Waals surface area (Å²) in [6, 6.07) is 6.15. The van der Waals surface area contributed by atoms with Gasteiger partial charge < -0.3 is 15.0 Å². The normalized spacial score (nSPS) is 19.0. The van der Waals surface area contributed by atoms with Gasteiger partial charge in [-0.05, 0) is 51.7 Å². The first kappa shape index (κ1) is 16.6. The quantitative estimate of drug-likeness (QED) is 0.863. The van der Waals surface area contributed by atoms with Gasteiger partial charge in [0.15, 0.2) is 0 Å². The molecule has 0 radical (unpaired) electrons. The minimum atomic E-state index is 0.133. The van der Waals surface area contributed by atoms with Crippen LogP contribution in [0.5, 0.6) is 5.75 Å². The van der Waals surface area contributed by atoms with E-state index < -0.39 is 0 Å². The fourth-order valence-electron chi connectivity index (χ4n) is 3.71. The van der Waals surface area contributed by atoms with Crippen LogP contribution < -0.4 is 10.1 Å². The molecule has 0 amide bonds. The van der Waals surface area contributed by atoms with Crippen LogP contribution >= 0.6 is 11.6 Å². The van der Waals surface area contributed by atoms with Crippen LogP contribution in [-0.2, 0) is 0 Å². The Morgan fingerprint density at radius 3 is 2.52 bits per heavy atom. The van der Waals surface area contributed by atoms with E-state index in [0.29, 0.717) is 0 Å². The highest BCUT2D eigenvalue weighted by Gasteiger charge is 2.44. The predicted molar refractivity (Wildman–Crippen MR) is 89.3 cm³/mol. The minimum absolute atomic E-state index is 0.133. The standard InChI is InChI=1S/C17H27ClN2O/c1-5-19-16(17(20(2)3)10-6-7-11-17)14-12-13(18)8-9-15(14)21-4/h8-9,12,16,19H,5-7,10-11H2,1-4H3. The van der Waals surface area contributed by atoms with Crippen molar-refractivity contribution in [3.8, 4) is 5.75 Å². The predicted octanol–water partition coefficient (Wildman–Crippen LogP) is 3.87. The summed E-state index contributed by atoms with van der Waals surface area (Å²) in [5, 5.41) is 4.45. The van der Waals surface area contributed by atoms with E-state index in [0.717, 1.165) is 17.3 Å². The second kappa shape index (κ2) is 6.99. The Morgan fingerprint density at radius 2 is 2.00 bits per heavy atom. The van der Waals surface area contributed by atoms with E-state index in [1.807, 2.05) is 12.1 Å². The Morgan fingerprint density at radius 1 is 1.33 bits per heavy atom. The molecule has 0 spiro atoms. The van der Waals surface area contributed by atoms with Gasteiger partial charge in [-0.2, -0.15) is 0 Å². The van der Waals surface area contributed by atoms with Crippen molar-refractivity contribution in [3.05, 3.63) is 28.8 Å². The van der Waals surface area contributed by atoms with E-state index in [-0.39, 0.29) is 11.6 Å². The molecule has 0 aliphatic heterocycles. The zero-order valence-electron chi connectivity index (χ0n) is 13.6. The van der Waals surface area contributed by atoms with Gasteiger partial charge >= 0.3 is 0 Å². The third-order valence-corrected chi connectivity index (χ3v) is 5.04. The third kappa shape index (κ3) is 3.20. The van der Waals surface area contributed by atoms with E-state index in [4.69, 9.17) is 16.3 Å². The molecular weight excluding hydrogens is 284 g/mol. The van der Waals surface area contributed by atoms with Gasteiger partial charge in [0.2, 0.25) is 0 Å². The molecule has 2 rings (SSSR count). The molecule has 21 heavy (non-hydrogen) atoms. The first-order chi connectivity index (χ1) is 10.0. The van der Waals surface area contributed by atoms with Gasteiger partial charge in [0.25, 0.3) is 0 Å². The molecule has 0 saturated heterocycles. The van der Waals surface area contributed by atoms with Gasteiger partial charge in [-0.3, -0.25) is 0 Å². The van der Waals surface area contributed by atoms with Gasteiger partial charge in [-0.1, -0.05) is 31.4 Å². The summed E-state index contributed by atoms with van der Waals surface area (Å²) in [5.41, 5.74) is 1.30.